The van der Waals surface area contributed by atoms with Crippen molar-refractivity contribution in [2.75, 3.05) is 33.2 Å². The van der Waals surface area contributed by atoms with Crippen LogP contribution in [0.5, 0.6) is 0 Å². The zero-order valence-electron chi connectivity index (χ0n) is 12.4. The summed E-state index contributed by atoms with van der Waals surface area (Å²) < 4.78 is 0. The van der Waals surface area contributed by atoms with Crippen molar-refractivity contribution < 1.29 is 9.59 Å². The van der Waals surface area contributed by atoms with Crippen LogP contribution in [0.4, 0.5) is 0 Å². The smallest absolute Gasteiger partial charge is 0.245 e. The van der Waals surface area contributed by atoms with Crippen LogP contribution in [0.2, 0.25) is 0 Å². The highest BCUT2D eigenvalue weighted by atomic mass is 16.2. The Balaban J connectivity index is 1.78. The third-order valence-electron chi connectivity index (χ3n) is 5.00. The van der Waals surface area contributed by atoms with Crippen LogP contribution in [0.3, 0.4) is 0 Å². The maximum atomic E-state index is 12.8. The fourth-order valence-corrected chi connectivity index (χ4v) is 3.90. The van der Waals surface area contributed by atoms with Crippen molar-refractivity contribution in [2.45, 2.75) is 50.6 Å². The predicted molar refractivity (Wildman–Crippen MR) is 76.2 cm³/mol. The normalized spacial score (nSPS) is 33.0. The molecule has 2 atom stereocenters. The Morgan fingerprint density at radius 1 is 0.950 bits per heavy atom. The second kappa shape index (κ2) is 5.72. The highest BCUT2D eigenvalue weighted by molar-refractivity contribution is 5.90. The molecule has 0 aromatic rings. The lowest BCUT2D eigenvalue weighted by Crippen LogP contribution is -2.54. The zero-order chi connectivity index (χ0) is 14.1. The molecule has 0 aromatic heterocycles. The summed E-state index contributed by atoms with van der Waals surface area (Å²) in [6, 6.07) is 0.127. The molecular weight excluding hydrogens is 254 g/mol. The van der Waals surface area contributed by atoms with E-state index in [-0.39, 0.29) is 17.9 Å². The molecule has 112 valence electrons. The van der Waals surface area contributed by atoms with Gasteiger partial charge in [-0.2, -0.15) is 0 Å². The molecule has 0 radical (unpaired) electrons. The van der Waals surface area contributed by atoms with Gasteiger partial charge in [0.15, 0.2) is 0 Å². The van der Waals surface area contributed by atoms with Crippen molar-refractivity contribution in [2.24, 2.45) is 0 Å². The molecule has 2 unspecified atom stereocenters. The molecule has 0 aromatic carbocycles. The summed E-state index contributed by atoms with van der Waals surface area (Å²) in [4.78, 5) is 31.2. The number of amides is 2. The molecule has 0 aliphatic carbocycles. The standard InChI is InChI=1S/C15H25N3O2/c1-16-8-4-5-12(11-16)17-10-7-14(19)18-9-3-2-6-13(18)15(17)20/h12-13H,2-11H2,1H3. The van der Waals surface area contributed by atoms with Gasteiger partial charge in [-0.1, -0.05) is 0 Å². The van der Waals surface area contributed by atoms with E-state index in [1.807, 2.05) is 9.80 Å². The molecule has 3 aliphatic rings. The van der Waals surface area contributed by atoms with Crippen molar-refractivity contribution in [1.82, 2.24) is 14.7 Å². The summed E-state index contributed by atoms with van der Waals surface area (Å²) in [7, 11) is 2.12. The first kappa shape index (κ1) is 13.9. The molecule has 0 spiro atoms. The third kappa shape index (κ3) is 2.55. The quantitative estimate of drug-likeness (QED) is 0.709. The van der Waals surface area contributed by atoms with Crippen LogP contribution < -0.4 is 0 Å². The van der Waals surface area contributed by atoms with Gasteiger partial charge in [-0.15, -0.1) is 0 Å². The van der Waals surface area contributed by atoms with E-state index in [4.69, 9.17) is 0 Å². The van der Waals surface area contributed by atoms with Gasteiger partial charge in [-0.3, -0.25) is 9.59 Å². The van der Waals surface area contributed by atoms with E-state index >= 15 is 0 Å². The lowest BCUT2D eigenvalue weighted by Gasteiger charge is -2.40. The van der Waals surface area contributed by atoms with Gasteiger partial charge in [0.2, 0.25) is 11.8 Å². The van der Waals surface area contributed by atoms with Gasteiger partial charge in [-0.05, 0) is 45.7 Å². The van der Waals surface area contributed by atoms with Gasteiger partial charge >= 0.3 is 0 Å². The first-order chi connectivity index (χ1) is 9.66. The van der Waals surface area contributed by atoms with Crippen LogP contribution in [0, 0.1) is 0 Å². The molecule has 3 aliphatic heterocycles. The van der Waals surface area contributed by atoms with E-state index in [1.165, 1.54) is 0 Å². The van der Waals surface area contributed by atoms with Crippen molar-refractivity contribution >= 4 is 11.8 Å². The number of piperidine rings is 2. The molecule has 3 rings (SSSR count). The van der Waals surface area contributed by atoms with Crippen LogP contribution in [0.1, 0.15) is 38.5 Å². The van der Waals surface area contributed by atoms with E-state index in [9.17, 15) is 9.59 Å². The average Bonchev–Trinajstić information content (AvgIpc) is 2.58. The highest BCUT2D eigenvalue weighted by Gasteiger charge is 2.40. The number of nitrogens with zero attached hydrogens (tertiary/aromatic N) is 3. The molecule has 5 heteroatoms. The molecule has 5 nitrogen and oxygen atoms in total. The van der Waals surface area contributed by atoms with E-state index < -0.39 is 0 Å². The number of carbonyl (C=O) groups is 2. The van der Waals surface area contributed by atoms with Gasteiger partial charge in [0.05, 0.1) is 0 Å². The van der Waals surface area contributed by atoms with Gasteiger partial charge < -0.3 is 14.7 Å². The van der Waals surface area contributed by atoms with Crippen molar-refractivity contribution in [3.63, 3.8) is 0 Å². The molecule has 2 amide bonds. The van der Waals surface area contributed by atoms with Gasteiger partial charge in [0, 0.05) is 32.1 Å². The fraction of sp³-hybridized carbons (Fsp3) is 0.867. The SMILES string of the molecule is CN1CCCC(N2CCC(=O)N3CCCCC3C2=O)C1. The molecule has 3 heterocycles. The molecule has 3 fully saturated rings. The second-order valence-corrected chi connectivity index (χ2v) is 6.44. The van der Waals surface area contributed by atoms with Crippen LogP contribution in [0.15, 0.2) is 0 Å². The number of rotatable bonds is 1. The van der Waals surface area contributed by atoms with E-state index in [2.05, 4.69) is 11.9 Å². The van der Waals surface area contributed by atoms with Crippen molar-refractivity contribution in [3.05, 3.63) is 0 Å². The largest absolute Gasteiger partial charge is 0.336 e. The summed E-state index contributed by atoms with van der Waals surface area (Å²) >= 11 is 0. The first-order valence-electron chi connectivity index (χ1n) is 7.95. The summed E-state index contributed by atoms with van der Waals surface area (Å²) in [5.74, 6) is 0.380. The van der Waals surface area contributed by atoms with Crippen LogP contribution >= 0.6 is 0 Å². The Labute approximate surface area is 120 Å². The first-order valence-corrected chi connectivity index (χ1v) is 7.95. The summed E-state index contributed by atoms with van der Waals surface area (Å²) in [6.07, 6.45) is 5.69. The maximum Gasteiger partial charge on any atom is 0.245 e. The molecule has 0 N–H and O–H groups in total. The van der Waals surface area contributed by atoms with Gasteiger partial charge in [0.1, 0.15) is 6.04 Å². The average molecular weight is 279 g/mol. The summed E-state index contributed by atoms with van der Waals surface area (Å²) in [5.41, 5.74) is 0. The molecule has 3 saturated heterocycles. The minimum absolute atomic E-state index is 0.175. The lowest BCUT2D eigenvalue weighted by atomic mass is 9.99. The number of likely N-dealkylation sites (tertiary alicyclic amines) is 1. The topological polar surface area (TPSA) is 43.9 Å². The number of fused-ring (bicyclic) bond motifs is 1. The van der Waals surface area contributed by atoms with E-state index in [0.29, 0.717) is 19.0 Å². The Kier molecular flexibility index (Phi) is 3.96. The lowest BCUT2D eigenvalue weighted by molar-refractivity contribution is -0.144. The predicted octanol–water partition coefficient (Wildman–Crippen LogP) is 0.694. The molecular formula is C15H25N3O2. The number of likely N-dealkylation sites (N-methyl/N-ethyl adjacent to an activating group) is 1. The maximum absolute atomic E-state index is 12.8. The number of hydrogen-bond donors (Lipinski definition) is 0. The van der Waals surface area contributed by atoms with E-state index in [0.717, 1.165) is 51.7 Å². The molecule has 20 heavy (non-hydrogen) atoms. The van der Waals surface area contributed by atoms with Crippen LogP contribution in [0.25, 0.3) is 0 Å². The Morgan fingerprint density at radius 3 is 2.60 bits per heavy atom. The molecule has 0 bridgehead atoms. The van der Waals surface area contributed by atoms with Crippen LogP contribution in [-0.4, -0.2) is 71.8 Å². The molecule has 0 saturated carbocycles. The highest BCUT2D eigenvalue weighted by Crippen LogP contribution is 2.26. The van der Waals surface area contributed by atoms with Gasteiger partial charge in [0.25, 0.3) is 0 Å². The minimum atomic E-state index is -0.175. The fourth-order valence-electron chi connectivity index (χ4n) is 3.90. The third-order valence-corrected chi connectivity index (χ3v) is 5.00. The zero-order valence-corrected chi connectivity index (χ0v) is 12.4. The minimum Gasteiger partial charge on any atom is -0.336 e. The van der Waals surface area contributed by atoms with E-state index in [1.54, 1.807) is 0 Å². The summed E-state index contributed by atoms with van der Waals surface area (Å²) in [6.45, 7) is 3.45. The Hall–Kier alpha value is -1.10. The number of hydrogen-bond acceptors (Lipinski definition) is 3. The Bertz CT molecular complexity index is 399. The second-order valence-electron chi connectivity index (χ2n) is 6.44. The Morgan fingerprint density at radius 2 is 1.80 bits per heavy atom. The number of carbonyl (C=O) groups excluding carboxylic acids is 2. The monoisotopic (exact) mass is 279 g/mol. The van der Waals surface area contributed by atoms with Crippen molar-refractivity contribution in [1.29, 1.82) is 0 Å². The summed E-state index contributed by atoms with van der Waals surface area (Å²) in [5, 5.41) is 0. The van der Waals surface area contributed by atoms with Gasteiger partial charge in [-0.25, -0.2) is 0 Å². The van der Waals surface area contributed by atoms with Crippen LogP contribution in [-0.2, 0) is 9.59 Å². The van der Waals surface area contributed by atoms with Crippen molar-refractivity contribution in [3.8, 4) is 0 Å².